The zero-order valence-corrected chi connectivity index (χ0v) is 18.5. The fraction of sp³-hybridized carbons (Fsp3) is 0.560. The summed E-state index contributed by atoms with van der Waals surface area (Å²) in [7, 11) is 1.75. The van der Waals surface area contributed by atoms with Gasteiger partial charge in [0.15, 0.2) is 5.96 Å². The number of guanidine groups is 1. The molecule has 5 rings (SSSR count). The normalized spacial score (nSPS) is 33.4. The molecule has 1 aromatic carbocycles. The van der Waals surface area contributed by atoms with Gasteiger partial charge in [0.1, 0.15) is 0 Å². The SMILES string of the molecule is CN=C(NCCN1C(=O)C2C3C=CC(C3)C2C1=O)NC1CC1c1ccc(C(C)C)cc1. The number of nitrogens with zero attached hydrogens (tertiary/aromatic N) is 2. The Kier molecular flexibility index (Phi) is 5.11. The summed E-state index contributed by atoms with van der Waals surface area (Å²) in [5.41, 5.74) is 2.73. The Hall–Kier alpha value is -2.63. The molecule has 1 heterocycles. The third-order valence-corrected chi connectivity index (χ3v) is 7.56. The van der Waals surface area contributed by atoms with Gasteiger partial charge in [-0.15, -0.1) is 0 Å². The minimum Gasteiger partial charge on any atom is -0.355 e. The molecule has 6 nitrogen and oxygen atoms in total. The summed E-state index contributed by atoms with van der Waals surface area (Å²) in [5.74, 6) is 2.11. The van der Waals surface area contributed by atoms with Crippen molar-refractivity contribution in [2.75, 3.05) is 20.1 Å². The molecule has 31 heavy (non-hydrogen) atoms. The van der Waals surface area contributed by atoms with Crippen LogP contribution in [0.2, 0.25) is 0 Å². The van der Waals surface area contributed by atoms with E-state index in [-0.39, 0.29) is 35.5 Å². The van der Waals surface area contributed by atoms with Crippen LogP contribution in [-0.4, -0.2) is 48.9 Å². The van der Waals surface area contributed by atoms with Crippen molar-refractivity contribution in [2.24, 2.45) is 28.7 Å². The number of benzene rings is 1. The molecule has 1 aliphatic heterocycles. The standard InChI is InChI=1S/C25H32N4O2/c1-14(2)15-4-6-16(7-5-15)19-13-20(19)28-25(26-3)27-10-11-29-23(30)21-17-8-9-18(12-17)22(21)24(29)31/h4-9,14,17-22H,10-13H2,1-3H3,(H2,26,27,28). The molecule has 4 aliphatic rings. The second-order valence-electron chi connectivity index (χ2n) is 9.74. The molecule has 3 aliphatic carbocycles. The van der Waals surface area contributed by atoms with Crippen molar-refractivity contribution in [1.29, 1.82) is 0 Å². The Labute approximate surface area is 184 Å². The average molecular weight is 421 g/mol. The van der Waals surface area contributed by atoms with E-state index in [4.69, 9.17) is 0 Å². The number of carbonyl (C=O) groups excluding carboxylic acids is 2. The third kappa shape index (κ3) is 3.56. The Bertz CT molecular complexity index is 905. The fourth-order valence-electron chi connectivity index (χ4n) is 5.69. The maximum absolute atomic E-state index is 12.8. The molecular weight excluding hydrogens is 388 g/mol. The van der Waals surface area contributed by atoms with E-state index < -0.39 is 0 Å². The van der Waals surface area contributed by atoms with Crippen LogP contribution in [-0.2, 0) is 9.59 Å². The van der Waals surface area contributed by atoms with Crippen molar-refractivity contribution in [1.82, 2.24) is 15.5 Å². The molecule has 6 unspecified atom stereocenters. The van der Waals surface area contributed by atoms with E-state index in [9.17, 15) is 9.59 Å². The number of aliphatic imine (C=N–C) groups is 1. The Morgan fingerprint density at radius 1 is 1.06 bits per heavy atom. The molecule has 2 N–H and O–H groups in total. The van der Waals surface area contributed by atoms with Gasteiger partial charge >= 0.3 is 0 Å². The summed E-state index contributed by atoms with van der Waals surface area (Å²) in [6.45, 7) is 5.33. The largest absolute Gasteiger partial charge is 0.355 e. The van der Waals surface area contributed by atoms with Gasteiger partial charge in [-0.2, -0.15) is 0 Å². The van der Waals surface area contributed by atoms with Crippen molar-refractivity contribution >= 4 is 17.8 Å². The first-order valence-corrected chi connectivity index (χ1v) is 11.6. The lowest BCUT2D eigenvalue weighted by Gasteiger charge is -2.18. The molecule has 164 valence electrons. The lowest BCUT2D eigenvalue weighted by molar-refractivity contribution is -0.140. The molecule has 1 aromatic rings. The second-order valence-corrected chi connectivity index (χ2v) is 9.74. The van der Waals surface area contributed by atoms with Crippen LogP contribution in [0.4, 0.5) is 0 Å². The van der Waals surface area contributed by atoms with Gasteiger partial charge in [-0.05, 0) is 41.7 Å². The first-order chi connectivity index (χ1) is 15.0. The maximum Gasteiger partial charge on any atom is 0.233 e. The number of nitrogens with one attached hydrogen (secondary N) is 2. The number of hydrogen-bond acceptors (Lipinski definition) is 3. The molecule has 1 saturated heterocycles. The van der Waals surface area contributed by atoms with Gasteiger partial charge in [0.25, 0.3) is 0 Å². The Morgan fingerprint density at radius 3 is 2.29 bits per heavy atom. The zero-order valence-electron chi connectivity index (χ0n) is 18.5. The summed E-state index contributed by atoms with van der Waals surface area (Å²) in [6, 6.07) is 9.29. The van der Waals surface area contributed by atoms with Crippen molar-refractivity contribution in [3.05, 3.63) is 47.5 Å². The summed E-state index contributed by atoms with van der Waals surface area (Å²) in [5, 5.41) is 6.76. The van der Waals surface area contributed by atoms with Crippen LogP contribution in [0.25, 0.3) is 0 Å². The van der Waals surface area contributed by atoms with Gasteiger partial charge in [0.05, 0.1) is 11.8 Å². The van der Waals surface area contributed by atoms with Gasteiger partial charge in [-0.1, -0.05) is 50.3 Å². The lowest BCUT2D eigenvalue weighted by atomic mass is 9.85. The highest BCUT2D eigenvalue weighted by Crippen LogP contribution is 2.52. The van der Waals surface area contributed by atoms with Gasteiger partial charge in [-0.25, -0.2) is 0 Å². The smallest absolute Gasteiger partial charge is 0.233 e. The summed E-state index contributed by atoms with van der Waals surface area (Å²) in [6.07, 6.45) is 6.32. The lowest BCUT2D eigenvalue weighted by Crippen LogP contribution is -2.44. The highest BCUT2D eigenvalue weighted by atomic mass is 16.2. The number of rotatable bonds is 6. The van der Waals surface area contributed by atoms with E-state index in [1.165, 1.54) is 16.0 Å². The van der Waals surface area contributed by atoms with E-state index in [0.717, 1.165) is 18.8 Å². The number of hydrogen-bond donors (Lipinski definition) is 2. The molecule has 0 aromatic heterocycles. The van der Waals surface area contributed by atoms with Crippen molar-refractivity contribution in [2.45, 2.75) is 44.6 Å². The molecule has 3 fully saturated rings. The first kappa shape index (κ1) is 20.3. The van der Waals surface area contributed by atoms with Crippen LogP contribution in [0.3, 0.4) is 0 Å². The van der Waals surface area contributed by atoms with E-state index >= 15 is 0 Å². The highest BCUT2D eigenvalue weighted by molar-refractivity contribution is 6.06. The molecule has 0 radical (unpaired) electrons. The van der Waals surface area contributed by atoms with Crippen LogP contribution in [0, 0.1) is 23.7 Å². The number of amides is 2. The minimum atomic E-state index is -0.116. The summed E-state index contributed by atoms with van der Waals surface area (Å²) < 4.78 is 0. The van der Waals surface area contributed by atoms with Gasteiger partial charge in [-0.3, -0.25) is 19.5 Å². The first-order valence-electron chi connectivity index (χ1n) is 11.6. The number of carbonyl (C=O) groups is 2. The molecular formula is C25H32N4O2. The minimum absolute atomic E-state index is 0.0173. The quantitative estimate of drug-likeness (QED) is 0.321. The summed E-state index contributed by atoms with van der Waals surface area (Å²) in [4.78, 5) is 31.4. The van der Waals surface area contributed by atoms with Crippen LogP contribution in [0.5, 0.6) is 0 Å². The zero-order chi connectivity index (χ0) is 21.7. The summed E-state index contributed by atoms with van der Waals surface area (Å²) >= 11 is 0. The van der Waals surface area contributed by atoms with Crippen molar-refractivity contribution in [3.63, 3.8) is 0 Å². The molecule has 6 atom stereocenters. The van der Waals surface area contributed by atoms with Crippen LogP contribution < -0.4 is 10.6 Å². The maximum atomic E-state index is 12.8. The Morgan fingerprint density at radius 2 is 1.71 bits per heavy atom. The number of likely N-dealkylation sites (tertiary alicyclic amines) is 1. The molecule has 0 spiro atoms. The van der Waals surface area contributed by atoms with Crippen molar-refractivity contribution in [3.8, 4) is 0 Å². The molecule has 6 heteroatoms. The predicted octanol–water partition coefficient (Wildman–Crippen LogP) is 2.64. The van der Waals surface area contributed by atoms with E-state index in [1.54, 1.807) is 7.05 Å². The monoisotopic (exact) mass is 420 g/mol. The van der Waals surface area contributed by atoms with E-state index in [2.05, 4.69) is 65.9 Å². The predicted molar refractivity (Wildman–Crippen MR) is 121 cm³/mol. The van der Waals surface area contributed by atoms with Crippen molar-refractivity contribution < 1.29 is 9.59 Å². The van der Waals surface area contributed by atoms with E-state index in [1.807, 2.05) is 0 Å². The van der Waals surface area contributed by atoms with Crippen LogP contribution in [0.15, 0.2) is 41.4 Å². The van der Waals surface area contributed by atoms with Gasteiger partial charge < -0.3 is 10.6 Å². The molecule has 2 bridgehead atoms. The average Bonchev–Trinajstić information content (AvgIpc) is 3.10. The number of imide groups is 1. The third-order valence-electron chi connectivity index (χ3n) is 7.56. The van der Waals surface area contributed by atoms with E-state index in [0.29, 0.717) is 31.0 Å². The second kappa shape index (κ2) is 7.81. The van der Waals surface area contributed by atoms with Crippen LogP contribution >= 0.6 is 0 Å². The van der Waals surface area contributed by atoms with Gasteiger partial charge in [0, 0.05) is 32.1 Å². The topological polar surface area (TPSA) is 73.8 Å². The number of fused-ring (bicyclic) bond motifs is 5. The Balaban J connectivity index is 1.10. The number of allylic oxidation sites excluding steroid dienone is 2. The highest BCUT2D eigenvalue weighted by Gasteiger charge is 2.58. The molecule has 2 amide bonds. The molecule has 2 saturated carbocycles. The fourth-order valence-corrected chi connectivity index (χ4v) is 5.69. The van der Waals surface area contributed by atoms with Crippen LogP contribution in [0.1, 0.15) is 49.7 Å². The van der Waals surface area contributed by atoms with Gasteiger partial charge in [0.2, 0.25) is 11.8 Å².